The van der Waals surface area contributed by atoms with E-state index >= 15 is 0 Å². The maximum absolute atomic E-state index is 12.2. The molecule has 1 aromatic carbocycles. The van der Waals surface area contributed by atoms with E-state index in [0.717, 1.165) is 35.6 Å². The summed E-state index contributed by atoms with van der Waals surface area (Å²) in [6.45, 7) is 5.38. The van der Waals surface area contributed by atoms with Gasteiger partial charge in [0.25, 0.3) is 0 Å². The molecule has 3 rings (SSSR count). The quantitative estimate of drug-likeness (QED) is 0.568. The van der Waals surface area contributed by atoms with Gasteiger partial charge in [-0.2, -0.15) is 0 Å². The van der Waals surface area contributed by atoms with Gasteiger partial charge < -0.3 is 24.7 Å². The number of aliphatic hydroxyl groups is 1. The summed E-state index contributed by atoms with van der Waals surface area (Å²) in [7, 11) is 0. The predicted molar refractivity (Wildman–Crippen MR) is 105 cm³/mol. The van der Waals surface area contributed by atoms with Crippen LogP contribution in [0.15, 0.2) is 41.0 Å². The van der Waals surface area contributed by atoms with Gasteiger partial charge in [0.1, 0.15) is 11.6 Å². The van der Waals surface area contributed by atoms with Crippen LogP contribution in [0.2, 0.25) is 0 Å². The Hall–Kier alpha value is -2.80. The van der Waals surface area contributed by atoms with Crippen LogP contribution in [0.3, 0.4) is 0 Å². The second kappa shape index (κ2) is 8.73. The van der Waals surface area contributed by atoms with Crippen LogP contribution in [0.4, 0.5) is 10.5 Å². The van der Waals surface area contributed by atoms with Crippen LogP contribution < -0.4 is 10.6 Å². The zero-order chi connectivity index (χ0) is 19.2. The number of amides is 2. The monoisotopic (exact) mass is 370 g/mol. The molecule has 0 saturated heterocycles. The molecule has 2 aromatic heterocycles. The minimum Gasteiger partial charge on any atom is -0.469 e. The fourth-order valence-corrected chi connectivity index (χ4v) is 3.21. The summed E-state index contributed by atoms with van der Waals surface area (Å²) in [4.78, 5) is 16.8. The Balaban J connectivity index is 1.60. The van der Waals surface area contributed by atoms with Crippen LogP contribution in [0.5, 0.6) is 0 Å². The van der Waals surface area contributed by atoms with Gasteiger partial charge in [-0.1, -0.05) is 6.92 Å². The Morgan fingerprint density at radius 3 is 2.85 bits per heavy atom. The molecule has 0 radical (unpaired) electrons. The summed E-state index contributed by atoms with van der Waals surface area (Å²) >= 11 is 0. The smallest absolute Gasteiger partial charge is 0.319 e. The molecule has 0 aliphatic heterocycles. The Morgan fingerprint density at radius 2 is 2.19 bits per heavy atom. The van der Waals surface area contributed by atoms with Crippen molar-refractivity contribution in [1.82, 2.24) is 14.9 Å². The molecule has 0 aliphatic rings. The number of nitrogens with one attached hydrogen (secondary N) is 2. The van der Waals surface area contributed by atoms with Crippen molar-refractivity contribution in [1.29, 1.82) is 0 Å². The van der Waals surface area contributed by atoms with Gasteiger partial charge >= 0.3 is 6.03 Å². The molecule has 1 unspecified atom stereocenters. The molecule has 1 atom stereocenters. The number of aryl methyl sites for hydroxylation is 2. The number of anilines is 1. The van der Waals surface area contributed by atoms with Gasteiger partial charge in [0.05, 0.1) is 17.3 Å². The van der Waals surface area contributed by atoms with Crippen molar-refractivity contribution < 1.29 is 14.3 Å². The van der Waals surface area contributed by atoms with Gasteiger partial charge in [-0.05, 0) is 37.3 Å². The molecule has 27 heavy (non-hydrogen) atoms. The molecule has 3 aromatic rings. The van der Waals surface area contributed by atoms with E-state index in [0.29, 0.717) is 18.7 Å². The first-order valence-electron chi connectivity index (χ1n) is 9.31. The molecule has 2 heterocycles. The van der Waals surface area contributed by atoms with Gasteiger partial charge in [-0.3, -0.25) is 0 Å². The number of aromatic nitrogens is 2. The molecule has 0 aliphatic carbocycles. The number of furan rings is 1. The highest BCUT2D eigenvalue weighted by molar-refractivity contribution is 5.92. The molecule has 3 N–H and O–H groups in total. The van der Waals surface area contributed by atoms with E-state index in [1.807, 2.05) is 30.3 Å². The number of rotatable bonds is 8. The van der Waals surface area contributed by atoms with E-state index < -0.39 is 0 Å². The highest BCUT2D eigenvalue weighted by atomic mass is 16.3. The van der Waals surface area contributed by atoms with Gasteiger partial charge in [-0.25, -0.2) is 9.78 Å². The highest BCUT2D eigenvalue weighted by Gasteiger charge is 2.13. The van der Waals surface area contributed by atoms with Crippen molar-refractivity contribution in [3.05, 3.63) is 48.2 Å². The standard InChI is InChI=1S/C20H26N4O3/c1-3-19-23-17-11-15(7-8-18(17)24(19)4-2)22-20(26)21-12-14(13-25)10-16-6-5-9-27-16/h5-9,11,14,25H,3-4,10,12-13H2,1-2H3,(H2,21,22,26). The van der Waals surface area contributed by atoms with Crippen LogP contribution in [-0.2, 0) is 19.4 Å². The summed E-state index contributed by atoms with van der Waals surface area (Å²) in [6, 6.07) is 9.10. The third-order valence-electron chi connectivity index (χ3n) is 4.60. The molecule has 0 fully saturated rings. The second-order valence-corrected chi connectivity index (χ2v) is 6.50. The zero-order valence-corrected chi connectivity index (χ0v) is 15.7. The largest absolute Gasteiger partial charge is 0.469 e. The zero-order valence-electron chi connectivity index (χ0n) is 15.7. The summed E-state index contributed by atoms with van der Waals surface area (Å²) < 4.78 is 7.47. The lowest BCUT2D eigenvalue weighted by molar-refractivity contribution is 0.213. The van der Waals surface area contributed by atoms with Crippen molar-refractivity contribution >= 4 is 22.8 Å². The van der Waals surface area contributed by atoms with Gasteiger partial charge in [0.15, 0.2) is 0 Å². The fraction of sp³-hybridized carbons (Fsp3) is 0.400. The van der Waals surface area contributed by atoms with E-state index in [9.17, 15) is 9.90 Å². The SMILES string of the molecule is CCc1nc2cc(NC(=O)NCC(CO)Cc3ccco3)ccc2n1CC. The Labute approximate surface area is 158 Å². The van der Waals surface area contributed by atoms with Gasteiger partial charge in [0.2, 0.25) is 0 Å². The third kappa shape index (κ3) is 4.49. The number of carbonyl (C=O) groups excluding carboxylic acids is 1. The normalized spacial score (nSPS) is 12.3. The molecule has 0 bridgehead atoms. The number of hydrogen-bond donors (Lipinski definition) is 3. The van der Waals surface area contributed by atoms with Crippen molar-refractivity contribution in [2.24, 2.45) is 5.92 Å². The molecule has 0 spiro atoms. The summed E-state index contributed by atoms with van der Waals surface area (Å²) in [5.74, 6) is 1.73. The first-order valence-corrected chi connectivity index (χ1v) is 9.31. The van der Waals surface area contributed by atoms with Crippen molar-refractivity contribution in [3.63, 3.8) is 0 Å². The van der Waals surface area contributed by atoms with Crippen LogP contribution in [-0.4, -0.2) is 33.8 Å². The highest BCUT2D eigenvalue weighted by Crippen LogP contribution is 2.21. The number of imidazole rings is 1. The Bertz CT molecular complexity index is 886. The van der Waals surface area contributed by atoms with Crippen molar-refractivity contribution in [3.8, 4) is 0 Å². The molecular formula is C20H26N4O3. The number of urea groups is 1. The molecule has 7 nitrogen and oxygen atoms in total. The topological polar surface area (TPSA) is 92.3 Å². The van der Waals surface area contributed by atoms with E-state index in [2.05, 4.69) is 34.0 Å². The minimum atomic E-state index is -0.308. The van der Waals surface area contributed by atoms with E-state index in [1.165, 1.54) is 0 Å². The van der Waals surface area contributed by atoms with Crippen molar-refractivity contribution in [2.45, 2.75) is 33.2 Å². The summed E-state index contributed by atoms with van der Waals surface area (Å²) in [5, 5.41) is 15.1. The summed E-state index contributed by atoms with van der Waals surface area (Å²) in [5.41, 5.74) is 2.63. The number of carbonyl (C=O) groups is 1. The number of nitrogens with zero attached hydrogens (tertiary/aromatic N) is 2. The van der Waals surface area contributed by atoms with E-state index in [1.54, 1.807) is 6.26 Å². The first kappa shape index (κ1) is 19.0. The van der Waals surface area contributed by atoms with Crippen LogP contribution >= 0.6 is 0 Å². The number of hydrogen-bond acceptors (Lipinski definition) is 4. The van der Waals surface area contributed by atoms with E-state index in [-0.39, 0.29) is 18.6 Å². The van der Waals surface area contributed by atoms with Crippen LogP contribution in [0.25, 0.3) is 11.0 Å². The summed E-state index contributed by atoms with van der Waals surface area (Å²) in [6.07, 6.45) is 3.04. The Kier molecular flexibility index (Phi) is 6.13. The number of aliphatic hydroxyl groups excluding tert-OH is 1. The van der Waals surface area contributed by atoms with E-state index in [4.69, 9.17) is 4.42 Å². The fourth-order valence-electron chi connectivity index (χ4n) is 3.21. The van der Waals surface area contributed by atoms with Crippen LogP contribution in [0.1, 0.15) is 25.4 Å². The van der Waals surface area contributed by atoms with Gasteiger partial charge in [0, 0.05) is 44.1 Å². The molecule has 2 amide bonds. The minimum absolute atomic E-state index is 0.0266. The molecule has 7 heteroatoms. The van der Waals surface area contributed by atoms with Gasteiger partial charge in [-0.15, -0.1) is 0 Å². The average Bonchev–Trinajstić information content (AvgIpc) is 3.31. The maximum Gasteiger partial charge on any atom is 0.319 e. The third-order valence-corrected chi connectivity index (χ3v) is 4.60. The maximum atomic E-state index is 12.2. The van der Waals surface area contributed by atoms with Crippen molar-refractivity contribution in [2.75, 3.05) is 18.5 Å². The predicted octanol–water partition coefficient (Wildman–Crippen LogP) is 3.18. The first-order chi connectivity index (χ1) is 13.1. The lowest BCUT2D eigenvalue weighted by Gasteiger charge is -2.14. The second-order valence-electron chi connectivity index (χ2n) is 6.50. The lowest BCUT2D eigenvalue weighted by Crippen LogP contribution is -2.34. The Morgan fingerprint density at radius 1 is 1.33 bits per heavy atom. The number of benzene rings is 1. The lowest BCUT2D eigenvalue weighted by atomic mass is 10.1. The molecule has 0 saturated carbocycles. The average molecular weight is 370 g/mol. The molecular weight excluding hydrogens is 344 g/mol. The molecule has 144 valence electrons. The van der Waals surface area contributed by atoms with Crippen LogP contribution in [0, 0.1) is 5.92 Å². The number of fused-ring (bicyclic) bond motifs is 1.